The number of nitriles is 1. The van der Waals surface area contributed by atoms with Crippen molar-refractivity contribution in [3.8, 4) is 6.07 Å². The van der Waals surface area contributed by atoms with Gasteiger partial charge >= 0.3 is 0 Å². The maximum atomic E-state index is 9.16. The van der Waals surface area contributed by atoms with Gasteiger partial charge in [0.15, 0.2) is 0 Å². The molecule has 0 aliphatic heterocycles. The van der Waals surface area contributed by atoms with Crippen LogP contribution in [0, 0.1) is 11.3 Å². The average Bonchev–Trinajstić information content (AvgIpc) is 2.28. The Hall–Kier alpha value is -0.630. The van der Waals surface area contributed by atoms with Crippen LogP contribution in [-0.2, 0) is 4.74 Å². The molecule has 0 saturated carbocycles. The third-order valence-corrected chi connectivity index (χ3v) is 2.56. The molecule has 0 aromatic carbocycles. The topological polar surface area (TPSA) is 48.3 Å². The first kappa shape index (κ1) is 15.4. The maximum absolute atomic E-state index is 9.16. The van der Waals surface area contributed by atoms with Gasteiger partial charge in [0.2, 0.25) is 0 Å². The predicted octanol–water partition coefficient (Wildman–Crippen LogP) is 1.24. The van der Waals surface area contributed by atoms with Crippen LogP contribution in [-0.4, -0.2) is 49.8 Å². The number of hydrogen-bond donors (Lipinski definition) is 1. The van der Waals surface area contributed by atoms with Crippen molar-refractivity contribution in [1.82, 2.24) is 10.2 Å². The average molecular weight is 227 g/mol. The Balaban J connectivity index is 4.12. The van der Waals surface area contributed by atoms with E-state index in [1.165, 1.54) is 0 Å². The van der Waals surface area contributed by atoms with Crippen LogP contribution in [0.15, 0.2) is 0 Å². The highest BCUT2D eigenvalue weighted by Gasteiger charge is 2.24. The summed E-state index contributed by atoms with van der Waals surface area (Å²) in [5, 5.41) is 12.4. The first-order valence-electron chi connectivity index (χ1n) is 6.08. The summed E-state index contributed by atoms with van der Waals surface area (Å²) in [5.41, 5.74) is -0.461. The molecule has 94 valence electrons. The quantitative estimate of drug-likeness (QED) is 0.602. The highest BCUT2D eigenvalue weighted by Crippen LogP contribution is 2.05. The second kappa shape index (κ2) is 8.51. The lowest BCUT2D eigenvalue weighted by atomic mass is 10.0. The Kier molecular flexibility index (Phi) is 8.18. The number of nitrogens with zero attached hydrogens (tertiary/aromatic N) is 2. The van der Waals surface area contributed by atoms with Gasteiger partial charge < -0.3 is 4.74 Å². The maximum Gasteiger partial charge on any atom is 0.116 e. The van der Waals surface area contributed by atoms with Gasteiger partial charge in [-0.15, -0.1) is 0 Å². The van der Waals surface area contributed by atoms with E-state index in [0.29, 0.717) is 0 Å². The van der Waals surface area contributed by atoms with E-state index < -0.39 is 5.54 Å². The van der Waals surface area contributed by atoms with E-state index in [4.69, 9.17) is 10.00 Å². The van der Waals surface area contributed by atoms with Crippen molar-refractivity contribution in [3.63, 3.8) is 0 Å². The fourth-order valence-electron chi connectivity index (χ4n) is 1.66. The normalized spacial score (nSPS) is 14.8. The van der Waals surface area contributed by atoms with Gasteiger partial charge in [0.05, 0.1) is 12.7 Å². The molecule has 0 heterocycles. The molecule has 1 unspecified atom stereocenters. The third-order valence-electron chi connectivity index (χ3n) is 2.56. The van der Waals surface area contributed by atoms with Gasteiger partial charge in [-0.25, -0.2) is 0 Å². The molecule has 0 rings (SSSR count). The SMILES string of the molecule is CCNC(C)(C#N)CN(CC)CCOCC. The van der Waals surface area contributed by atoms with E-state index in [1.54, 1.807) is 0 Å². The molecule has 16 heavy (non-hydrogen) atoms. The Morgan fingerprint density at radius 1 is 1.38 bits per heavy atom. The van der Waals surface area contributed by atoms with Gasteiger partial charge in [-0.3, -0.25) is 10.2 Å². The minimum Gasteiger partial charge on any atom is -0.380 e. The van der Waals surface area contributed by atoms with E-state index in [-0.39, 0.29) is 0 Å². The van der Waals surface area contributed by atoms with Crippen LogP contribution in [0.4, 0.5) is 0 Å². The molecule has 0 aliphatic carbocycles. The van der Waals surface area contributed by atoms with Crippen molar-refractivity contribution in [3.05, 3.63) is 0 Å². The molecular formula is C12H25N3O. The number of hydrogen-bond acceptors (Lipinski definition) is 4. The highest BCUT2D eigenvalue weighted by atomic mass is 16.5. The molecule has 0 fully saturated rings. The second-order valence-corrected chi connectivity index (χ2v) is 4.04. The Morgan fingerprint density at radius 2 is 2.06 bits per heavy atom. The summed E-state index contributed by atoms with van der Waals surface area (Å²) in [6.45, 7) is 12.9. The summed E-state index contributed by atoms with van der Waals surface area (Å²) < 4.78 is 5.33. The summed E-state index contributed by atoms with van der Waals surface area (Å²) in [4.78, 5) is 2.24. The van der Waals surface area contributed by atoms with Crippen LogP contribution in [0.5, 0.6) is 0 Å². The summed E-state index contributed by atoms with van der Waals surface area (Å²) >= 11 is 0. The van der Waals surface area contributed by atoms with Gasteiger partial charge in [-0.05, 0) is 26.9 Å². The molecule has 0 bridgehead atoms. The summed E-state index contributed by atoms with van der Waals surface area (Å²) in [5.74, 6) is 0. The van der Waals surface area contributed by atoms with Gasteiger partial charge in [0.25, 0.3) is 0 Å². The zero-order chi connectivity index (χ0) is 12.4. The summed E-state index contributed by atoms with van der Waals surface area (Å²) in [6.07, 6.45) is 0. The lowest BCUT2D eigenvalue weighted by molar-refractivity contribution is 0.107. The van der Waals surface area contributed by atoms with Crippen LogP contribution in [0.1, 0.15) is 27.7 Å². The standard InChI is InChI=1S/C12H25N3O/c1-5-14-12(4,10-13)11-15(6-2)8-9-16-7-3/h14H,5-9,11H2,1-4H3. The van der Waals surface area contributed by atoms with E-state index in [1.807, 2.05) is 20.8 Å². The van der Waals surface area contributed by atoms with Crippen molar-refractivity contribution < 1.29 is 4.74 Å². The van der Waals surface area contributed by atoms with Crippen molar-refractivity contribution in [2.45, 2.75) is 33.2 Å². The van der Waals surface area contributed by atoms with Gasteiger partial charge in [0.1, 0.15) is 5.54 Å². The molecule has 0 spiro atoms. The number of likely N-dealkylation sites (N-methyl/N-ethyl adjacent to an activating group) is 2. The van der Waals surface area contributed by atoms with Crippen LogP contribution in [0.3, 0.4) is 0 Å². The van der Waals surface area contributed by atoms with Crippen molar-refractivity contribution in [2.75, 3.05) is 39.4 Å². The minimum atomic E-state index is -0.461. The minimum absolute atomic E-state index is 0.461. The lowest BCUT2D eigenvalue weighted by Crippen LogP contribution is -2.50. The molecule has 0 aromatic heterocycles. The van der Waals surface area contributed by atoms with E-state index >= 15 is 0 Å². The van der Waals surface area contributed by atoms with Crippen LogP contribution in [0.25, 0.3) is 0 Å². The first-order valence-corrected chi connectivity index (χ1v) is 6.08. The number of rotatable bonds is 9. The van der Waals surface area contributed by atoms with Crippen molar-refractivity contribution in [1.29, 1.82) is 5.26 Å². The van der Waals surface area contributed by atoms with Crippen LogP contribution >= 0.6 is 0 Å². The van der Waals surface area contributed by atoms with Gasteiger partial charge in [-0.1, -0.05) is 13.8 Å². The largest absolute Gasteiger partial charge is 0.380 e. The van der Waals surface area contributed by atoms with Crippen LogP contribution in [0.2, 0.25) is 0 Å². The van der Waals surface area contributed by atoms with E-state index in [0.717, 1.165) is 39.4 Å². The molecule has 0 amide bonds. The molecule has 0 aliphatic rings. The molecule has 4 nitrogen and oxygen atoms in total. The first-order chi connectivity index (χ1) is 7.61. The Morgan fingerprint density at radius 3 is 2.50 bits per heavy atom. The van der Waals surface area contributed by atoms with E-state index in [2.05, 4.69) is 23.2 Å². The van der Waals surface area contributed by atoms with Crippen molar-refractivity contribution in [2.24, 2.45) is 0 Å². The van der Waals surface area contributed by atoms with Gasteiger partial charge in [-0.2, -0.15) is 5.26 Å². The fraction of sp³-hybridized carbons (Fsp3) is 0.917. The van der Waals surface area contributed by atoms with Crippen molar-refractivity contribution >= 4 is 0 Å². The second-order valence-electron chi connectivity index (χ2n) is 4.04. The number of ether oxygens (including phenoxy) is 1. The van der Waals surface area contributed by atoms with E-state index in [9.17, 15) is 0 Å². The predicted molar refractivity (Wildman–Crippen MR) is 66.3 cm³/mol. The fourth-order valence-corrected chi connectivity index (χ4v) is 1.66. The van der Waals surface area contributed by atoms with Crippen LogP contribution < -0.4 is 5.32 Å². The Labute approximate surface area is 99.6 Å². The monoisotopic (exact) mass is 227 g/mol. The molecular weight excluding hydrogens is 202 g/mol. The molecule has 0 aromatic rings. The zero-order valence-electron chi connectivity index (χ0n) is 11.0. The Bertz CT molecular complexity index is 215. The summed E-state index contributed by atoms with van der Waals surface area (Å²) in [7, 11) is 0. The third kappa shape index (κ3) is 6.06. The van der Waals surface area contributed by atoms with Gasteiger partial charge in [0, 0.05) is 19.7 Å². The molecule has 0 saturated heterocycles. The number of nitrogens with one attached hydrogen (secondary N) is 1. The smallest absolute Gasteiger partial charge is 0.116 e. The highest BCUT2D eigenvalue weighted by molar-refractivity contribution is 5.05. The summed E-state index contributed by atoms with van der Waals surface area (Å²) in [6, 6.07) is 2.34. The molecule has 1 N–H and O–H groups in total. The molecule has 0 radical (unpaired) electrons. The molecule has 1 atom stereocenters. The lowest BCUT2D eigenvalue weighted by Gasteiger charge is -2.30. The molecule has 4 heteroatoms. The zero-order valence-corrected chi connectivity index (χ0v) is 11.0.